The van der Waals surface area contributed by atoms with Gasteiger partial charge in [-0.3, -0.25) is 4.90 Å². The van der Waals surface area contributed by atoms with Gasteiger partial charge >= 0.3 is 0 Å². The molecular weight excluding hydrogens is 1650 g/mol. The molecule has 0 aliphatic carbocycles. The highest BCUT2D eigenvalue weighted by Crippen LogP contribution is 2.38. The highest BCUT2D eigenvalue weighted by molar-refractivity contribution is 6.31. The van der Waals surface area contributed by atoms with Gasteiger partial charge in [0, 0.05) is 169 Å². The highest BCUT2D eigenvalue weighted by atomic mass is 35.5. The number of piperazine rings is 5. The first-order chi connectivity index (χ1) is 59.8. The molecule has 5 saturated heterocycles. The smallest absolute Gasteiger partial charge is 0.222 e. The fourth-order valence-electron chi connectivity index (χ4n) is 13.8. The van der Waals surface area contributed by atoms with Crippen LogP contribution in [0.3, 0.4) is 0 Å². The molecule has 0 unspecified atom stereocenters. The molecule has 12 aromatic rings. The highest BCUT2D eigenvalue weighted by Gasteiger charge is 2.28. The third-order valence-corrected chi connectivity index (χ3v) is 21.4. The molecule has 0 saturated carbocycles. The number of para-hydroxylation sites is 2. The summed E-state index contributed by atoms with van der Waals surface area (Å²) < 4.78 is 42.7. The molecule has 5 aliphatic heterocycles. The Balaban J connectivity index is 0.000000133. The number of rotatable bonds is 20. The minimum Gasteiger partial charge on any atom is -0.452 e. The first-order valence-electron chi connectivity index (χ1n) is 40.2. The number of anilines is 12. The van der Waals surface area contributed by atoms with Crippen LogP contribution in [0.25, 0.3) is 0 Å². The molecule has 5 aromatic heterocycles. The SMILES string of the molecule is CCN1CCN(c2nc(N)ncc2Oc2ccc(Cl)cc2)CC1.CN1CCN(c2nc(N)ncc2Oc2ccc(Cl)cc2)CC1.Nc1ncc(Oc2ccc(Cl)cc2)c(N2CCN(CCO)CC2)n1.Nc1ncc(Oc2ccc(Cl)cc2)c(N2CCN(c3ccccc3)CC2)n1.Nc1ncc(Oc2ccc(F)cc2)c(N2CCN(c3ccccc3)CC2)n1. The van der Waals surface area contributed by atoms with Crippen molar-refractivity contribution >= 4 is 117 Å². The van der Waals surface area contributed by atoms with E-state index in [0.717, 1.165) is 149 Å². The van der Waals surface area contributed by atoms with E-state index in [4.69, 9.17) is 104 Å². The van der Waals surface area contributed by atoms with Crippen LogP contribution >= 0.6 is 46.4 Å². The lowest BCUT2D eigenvalue weighted by molar-refractivity contribution is 0.188. The Kier molecular flexibility index (Phi) is 31.4. The third-order valence-electron chi connectivity index (χ3n) is 20.4. The van der Waals surface area contributed by atoms with Crippen molar-refractivity contribution < 1.29 is 33.2 Å². The minimum atomic E-state index is -0.312. The van der Waals surface area contributed by atoms with Gasteiger partial charge in [0.15, 0.2) is 57.8 Å². The molecule has 0 spiro atoms. The Morgan fingerprint density at radius 3 is 0.789 bits per heavy atom. The molecule has 7 aromatic carbocycles. The summed E-state index contributed by atoms with van der Waals surface area (Å²) in [6.45, 7) is 21.6. The summed E-state index contributed by atoms with van der Waals surface area (Å²) in [4.78, 5) is 64.6. The Morgan fingerprint density at radius 2 is 0.537 bits per heavy atom. The van der Waals surface area contributed by atoms with E-state index in [0.29, 0.717) is 102 Å². The van der Waals surface area contributed by atoms with Gasteiger partial charge in [-0.15, -0.1) is 0 Å². The van der Waals surface area contributed by atoms with Crippen LogP contribution < -0.4 is 86.7 Å². The molecule has 0 bridgehead atoms. The summed E-state index contributed by atoms with van der Waals surface area (Å²) in [5.41, 5.74) is 31.3. The van der Waals surface area contributed by atoms with E-state index < -0.39 is 0 Å². The number of aliphatic hydroxyl groups excluding tert-OH is 1. The van der Waals surface area contributed by atoms with Crippen molar-refractivity contribution in [2.45, 2.75) is 6.92 Å². The van der Waals surface area contributed by atoms with Gasteiger partial charge in [0.05, 0.1) is 37.6 Å². The zero-order valence-corrected chi connectivity index (χ0v) is 71.2. The van der Waals surface area contributed by atoms with Gasteiger partial charge in [-0.25, -0.2) is 29.3 Å². The van der Waals surface area contributed by atoms with Crippen molar-refractivity contribution in [3.8, 4) is 57.5 Å². The molecule has 0 amide bonds. The minimum absolute atomic E-state index is 0.172. The van der Waals surface area contributed by atoms with Crippen LogP contribution in [0.5, 0.6) is 57.5 Å². The largest absolute Gasteiger partial charge is 0.452 e. The number of aliphatic hydroxyl groups is 1. The normalized spacial score (nSPS) is 15.0. The Hall–Kier alpha value is -12.5. The fraction of sp³-hybridized carbons (Fsp3) is 0.287. The predicted octanol–water partition coefficient (Wildman–Crippen LogP) is 13.7. The van der Waals surface area contributed by atoms with Crippen LogP contribution in [0.15, 0.2) is 213 Å². The van der Waals surface area contributed by atoms with E-state index >= 15 is 0 Å². The van der Waals surface area contributed by atoms with Crippen LogP contribution in [0.2, 0.25) is 20.1 Å². The van der Waals surface area contributed by atoms with Crippen molar-refractivity contribution in [1.29, 1.82) is 0 Å². The van der Waals surface area contributed by atoms with Gasteiger partial charge in [0.1, 0.15) is 34.6 Å². The number of halogens is 5. The molecule has 5 fully saturated rings. The van der Waals surface area contributed by atoms with Crippen molar-refractivity contribution in [1.82, 2.24) is 64.5 Å². The molecule has 17 rings (SSSR count). The molecule has 123 heavy (non-hydrogen) atoms. The first kappa shape index (κ1) is 88.3. The number of nitrogens with two attached hydrogens (primary N) is 5. The standard InChI is InChI=1S/C20H20ClN5O.C20H20FN5O.C16H20ClN5O2.C16H20ClN5O.C15H18ClN5O/c2*21-15-6-8-17(9-7-15)27-18-14-23-20(22)24-19(18)26-12-10-25(11-13-26)16-4-2-1-3-5-16;17-12-1-3-13(4-2-12)24-14-11-19-16(18)20-15(14)22-7-5-21(6-8-22)9-10-23;1-2-21-7-9-22(10-8-21)15-14(11-19-16(18)20-15)23-13-5-3-12(17)4-6-13;1-20-6-8-21(9-7-20)14-13(10-18-15(17)19-14)22-12-4-2-11(16)3-5-12/h2*1-9,14H,10-13H2,(H2,22,23,24);1-4,11,23H,5-10H2,(H2,18,19,20);3-6,11H,2,7-10H2,1H3,(H2,18,19,20);2-5,10H,6-9H2,1H3,(H2,17,18,19). The topological polar surface area (TPSA) is 358 Å². The lowest BCUT2D eigenvalue weighted by Crippen LogP contribution is -2.47. The molecule has 31 nitrogen and oxygen atoms in total. The molecule has 10 heterocycles. The maximum absolute atomic E-state index is 13.1. The summed E-state index contributed by atoms with van der Waals surface area (Å²) in [6.07, 6.45) is 8.01. The number of β-amino-alcohol motifs (C(OH)–C–C–N with tert-alkyl or cyclic N) is 1. The van der Waals surface area contributed by atoms with Crippen LogP contribution in [0, 0.1) is 5.82 Å². The van der Waals surface area contributed by atoms with Crippen LogP contribution in [-0.4, -0.2) is 227 Å². The van der Waals surface area contributed by atoms with Crippen LogP contribution in [-0.2, 0) is 0 Å². The number of nitrogen functional groups attached to an aromatic ring is 5. The lowest BCUT2D eigenvalue weighted by Gasteiger charge is -2.37. The van der Waals surface area contributed by atoms with E-state index in [1.165, 1.54) is 23.5 Å². The lowest BCUT2D eigenvalue weighted by atomic mass is 10.2. The predicted molar refractivity (Wildman–Crippen MR) is 486 cm³/mol. The molecular formula is C87H98Cl4FN25O6. The van der Waals surface area contributed by atoms with Crippen molar-refractivity contribution in [3.05, 3.63) is 239 Å². The Morgan fingerprint density at radius 1 is 0.309 bits per heavy atom. The zero-order valence-electron chi connectivity index (χ0n) is 68.2. The van der Waals surface area contributed by atoms with Crippen molar-refractivity contribution in [2.75, 3.05) is 221 Å². The maximum Gasteiger partial charge on any atom is 0.222 e. The van der Waals surface area contributed by atoms with E-state index in [-0.39, 0.29) is 42.2 Å². The summed E-state index contributed by atoms with van der Waals surface area (Å²) in [7, 11) is 2.11. The number of hydrogen-bond donors (Lipinski definition) is 6. The molecule has 36 heteroatoms. The van der Waals surface area contributed by atoms with Crippen LogP contribution in [0.1, 0.15) is 6.92 Å². The molecule has 11 N–H and O–H groups in total. The van der Waals surface area contributed by atoms with E-state index in [1.54, 1.807) is 104 Å². The van der Waals surface area contributed by atoms with Gasteiger partial charge in [-0.05, 0) is 159 Å². The number of ether oxygens (including phenoxy) is 5. The van der Waals surface area contributed by atoms with Gasteiger partial charge in [-0.2, -0.15) is 24.9 Å². The van der Waals surface area contributed by atoms with Crippen molar-refractivity contribution in [2.24, 2.45) is 0 Å². The summed E-state index contributed by atoms with van der Waals surface area (Å²) >= 11 is 23.6. The second kappa shape index (κ2) is 43.8. The number of likely N-dealkylation sites (N-methyl/N-ethyl adjacent to an activating group) is 2. The number of benzene rings is 7. The second-order valence-electron chi connectivity index (χ2n) is 28.7. The fourth-order valence-corrected chi connectivity index (χ4v) is 14.3. The second-order valence-corrected chi connectivity index (χ2v) is 30.5. The average Bonchev–Trinajstić information content (AvgIpc) is 0.828. The first-order valence-corrected chi connectivity index (χ1v) is 41.7. The van der Waals surface area contributed by atoms with Gasteiger partial charge in [0.2, 0.25) is 29.7 Å². The molecule has 5 aliphatic rings. The van der Waals surface area contributed by atoms with E-state index in [9.17, 15) is 4.39 Å². The molecule has 0 atom stereocenters. The van der Waals surface area contributed by atoms with E-state index in [2.05, 4.69) is 149 Å². The molecule has 0 radical (unpaired) electrons. The summed E-state index contributed by atoms with van der Waals surface area (Å²) in [6, 6.07) is 55.3. The zero-order chi connectivity index (χ0) is 86.0. The van der Waals surface area contributed by atoms with Gasteiger partial charge in [-0.1, -0.05) is 89.7 Å². The average molecular weight is 1750 g/mol. The third kappa shape index (κ3) is 25.8. The van der Waals surface area contributed by atoms with E-state index in [1.807, 2.05) is 60.7 Å². The van der Waals surface area contributed by atoms with Crippen LogP contribution in [0.4, 0.5) is 74.6 Å². The van der Waals surface area contributed by atoms with Crippen molar-refractivity contribution in [3.63, 3.8) is 0 Å². The molecule has 642 valence electrons. The van der Waals surface area contributed by atoms with Gasteiger partial charge in [0.25, 0.3) is 0 Å². The number of hydrogen-bond acceptors (Lipinski definition) is 31. The number of aromatic nitrogens is 10. The monoisotopic (exact) mass is 1750 g/mol. The summed E-state index contributed by atoms with van der Waals surface area (Å²) in [5.74, 6) is 10.4. The Bertz CT molecular complexity index is 5130. The maximum atomic E-state index is 13.1. The quantitative estimate of drug-likeness (QED) is 0.0413. The Labute approximate surface area is 733 Å². The number of nitrogens with zero attached hydrogens (tertiary/aromatic N) is 20. The summed E-state index contributed by atoms with van der Waals surface area (Å²) in [5, 5.41) is 11.7. The van der Waals surface area contributed by atoms with Gasteiger partial charge < -0.3 is 102 Å².